The Kier molecular flexibility index (Phi) is 8.20. The van der Waals surface area contributed by atoms with Gasteiger partial charge in [0, 0.05) is 5.75 Å². The molecule has 0 saturated carbocycles. The highest BCUT2D eigenvalue weighted by molar-refractivity contribution is 8.00. The lowest BCUT2D eigenvalue weighted by atomic mass is 9.91. The summed E-state index contributed by atoms with van der Waals surface area (Å²) in [6.07, 6.45) is -13.8. The second kappa shape index (κ2) is 9.21. The van der Waals surface area contributed by atoms with E-state index in [-0.39, 0.29) is 5.56 Å². The summed E-state index contributed by atoms with van der Waals surface area (Å²) in [5.74, 6) is -43.2. The first-order valence-corrected chi connectivity index (χ1v) is 9.38. The molecule has 0 aliphatic carbocycles. The fourth-order valence-corrected chi connectivity index (χ4v) is 3.13. The van der Waals surface area contributed by atoms with Crippen LogP contribution in [-0.2, 0) is 0 Å². The van der Waals surface area contributed by atoms with Gasteiger partial charge in [-0.2, -0.15) is 70.2 Å². The summed E-state index contributed by atoms with van der Waals surface area (Å²) in [5, 5.41) is -6.86. The van der Waals surface area contributed by atoms with Crippen molar-refractivity contribution in [2.75, 3.05) is 5.75 Å². The van der Waals surface area contributed by atoms with Crippen LogP contribution in [0, 0.1) is 0 Å². The molecule has 0 aliphatic heterocycles. The topological polar surface area (TPSA) is 0 Å². The highest BCUT2D eigenvalue weighted by Crippen LogP contribution is 2.65. The zero-order valence-corrected chi connectivity index (χ0v) is 16.9. The van der Waals surface area contributed by atoms with E-state index in [4.69, 9.17) is 0 Å². The minimum absolute atomic E-state index is 0.127. The van der Waals surface area contributed by atoms with Gasteiger partial charge in [0.1, 0.15) is 0 Å². The predicted octanol–water partition coefficient (Wildman–Crippen LogP) is 8.40. The molecule has 1 aromatic rings. The van der Waals surface area contributed by atoms with Gasteiger partial charge >= 0.3 is 47.0 Å². The van der Waals surface area contributed by atoms with E-state index in [0.29, 0.717) is 6.08 Å². The average molecular weight is 568 g/mol. The molecule has 18 heteroatoms. The Morgan fingerprint density at radius 2 is 0.914 bits per heavy atom. The van der Waals surface area contributed by atoms with E-state index in [1.165, 1.54) is 30.3 Å². The number of hydrogen-bond acceptors (Lipinski definition) is 1. The van der Waals surface area contributed by atoms with Crippen molar-refractivity contribution in [2.45, 2.75) is 47.0 Å². The standard InChI is InChI=1S/C17H9F17S/c18-10(19,12(22,23)14(26,27)16(29,30)31)11(20,21)13(24,25)15(28,17(32,33)34)35-8-4-7-9-5-2-1-3-6-9/h1-7H,8H2. The monoisotopic (exact) mass is 568 g/mol. The molecular weight excluding hydrogens is 559 g/mol. The molecule has 0 heterocycles. The number of thioether (sulfide) groups is 1. The largest absolute Gasteiger partial charge is 0.460 e. The third-order valence-corrected chi connectivity index (χ3v) is 5.43. The maximum absolute atomic E-state index is 14.3. The van der Waals surface area contributed by atoms with Crippen LogP contribution in [0.4, 0.5) is 74.6 Å². The quantitative estimate of drug-likeness (QED) is 0.270. The zero-order valence-electron chi connectivity index (χ0n) is 16.1. The van der Waals surface area contributed by atoms with E-state index in [0.717, 1.165) is 6.08 Å². The summed E-state index contributed by atoms with van der Waals surface area (Å²) in [5.41, 5.74) is 0.127. The number of hydrogen-bond donors (Lipinski definition) is 0. The second-order valence-corrected chi connectivity index (χ2v) is 7.77. The molecule has 0 amide bonds. The van der Waals surface area contributed by atoms with Crippen LogP contribution in [0.15, 0.2) is 36.4 Å². The minimum Gasteiger partial charge on any atom is -0.215 e. The molecule has 0 nitrogen and oxygen atoms in total. The lowest BCUT2D eigenvalue weighted by molar-refractivity contribution is -0.450. The fourth-order valence-electron chi connectivity index (χ4n) is 2.23. The summed E-state index contributed by atoms with van der Waals surface area (Å²) in [7, 11) is 0. The molecule has 0 aromatic heterocycles. The van der Waals surface area contributed by atoms with Crippen LogP contribution in [0.3, 0.4) is 0 Å². The van der Waals surface area contributed by atoms with Crippen molar-refractivity contribution in [3.05, 3.63) is 42.0 Å². The summed E-state index contributed by atoms with van der Waals surface area (Å²) in [6, 6.07) is 6.62. The van der Waals surface area contributed by atoms with Gasteiger partial charge in [0.2, 0.25) is 0 Å². The van der Waals surface area contributed by atoms with Gasteiger partial charge < -0.3 is 0 Å². The third-order valence-electron chi connectivity index (χ3n) is 4.19. The summed E-state index contributed by atoms with van der Waals surface area (Å²) in [4.78, 5) is 0. The molecule has 0 saturated heterocycles. The Morgan fingerprint density at radius 3 is 1.31 bits per heavy atom. The zero-order chi connectivity index (χ0) is 27.9. The number of benzene rings is 1. The van der Waals surface area contributed by atoms with Crippen LogP contribution in [-0.4, -0.2) is 52.7 Å². The van der Waals surface area contributed by atoms with Crippen molar-refractivity contribution in [3.8, 4) is 0 Å². The van der Waals surface area contributed by atoms with Crippen molar-refractivity contribution in [1.29, 1.82) is 0 Å². The Morgan fingerprint density at radius 1 is 0.514 bits per heavy atom. The summed E-state index contributed by atoms with van der Waals surface area (Å²) >= 11 is -1.87. The first-order chi connectivity index (χ1) is 15.3. The van der Waals surface area contributed by atoms with Gasteiger partial charge in [-0.1, -0.05) is 42.5 Å². The Bertz CT molecular complexity index is 884. The highest BCUT2D eigenvalue weighted by Gasteiger charge is 2.95. The molecule has 0 radical (unpaired) electrons. The average Bonchev–Trinajstić information content (AvgIpc) is 2.69. The molecule has 1 rings (SSSR count). The number of alkyl halides is 17. The van der Waals surface area contributed by atoms with Crippen molar-refractivity contribution < 1.29 is 74.6 Å². The molecular formula is C17H9F17S. The van der Waals surface area contributed by atoms with E-state index in [2.05, 4.69) is 0 Å². The van der Waals surface area contributed by atoms with Crippen LogP contribution in [0.5, 0.6) is 0 Å². The van der Waals surface area contributed by atoms with Gasteiger partial charge in [-0.15, -0.1) is 11.8 Å². The van der Waals surface area contributed by atoms with Crippen LogP contribution >= 0.6 is 11.8 Å². The molecule has 202 valence electrons. The molecule has 1 unspecified atom stereocenters. The minimum atomic E-state index is -8.55. The Labute approximate surface area is 188 Å². The van der Waals surface area contributed by atoms with Crippen molar-refractivity contribution >= 4 is 17.8 Å². The van der Waals surface area contributed by atoms with Crippen molar-refractivity contribution in [2.24, 2.45) is 0 Å². The molecule has 1 atom stereocenters. The molecule has 35 heavy (non-hydrogen) atoms. The molecule has 0 aliphatic rings. The van der Waals surface area contributed by atoms with Crippen molar-refractivity contribution in [1.82, 2.24) is 0 Å². The van der Waals surface area contributed by atoms with E-state index in [1.54, 1.807) is 0 Å². The molecule has 0 bridgehead atoms. The van der Waals surface area contributed by atoms with Gasteiger partial charge in [0.25, 0.3) is 0 Å². The van der Waals surface area contributed by atoms with Gasteiger partial charge in [0.05, 0.1) is 0 Å². The number of halogens is 17. The highest BCUT2D eigenvalue weighted by atomic mass is 32.2. The normalized spacial score (nSPS) is 17.1. The maximum Gasteiger partial charge on any atom is 0.460 e. The van der Waals surface area contributed by atoms with Crippen LogP contribution in [0.2, 0.25) is 0 Å². The lowest BCUT2D eigenvalue weighted by Gasteiger charge is -2.43. The van der Waals surface area contributed by atoms with E-state index >= 15 is 0 Å². The maximum atomic E-state index is 14.3. The third kappa shape index (κ3) is 4.90. The Hall–Kier alpha value is -1.88. The summed E-state index contributed by atoms with van der Waals surface area (Å²) in [6.45, 7) is 0. The lowest BCUT2D eigenvalue weighted by Crippen LogP contribution is -2.74. The first-order valence-electron chi connectivity index (χ1n) is 8.40. The van der Waals surface area contributed by atoms with Crippen molar-refractivity contribution in [3.63, 3.8) is 0 Å². The summed E-state index contributed by atoms with van der Waals surface area (Å²) < 4.78 is 224. The van der Waals surface area contributed by atoms with Gasteiger partial charge in [0.15, 0.2) is 0 Å². The molecule has 1 aromatic carbocycles. The smallest absolute Gasteiger partial charge is 0.215 e. The first kappa shape index (κ1) is 31.2. The van der Waals surface area contributed by atoms with Crippen LogP contribution in [0.25, 0.3) is 6.08 Å². The van der Waals surface area contributed by atoms with E-state index in [9.17, 15) is 74.6 Å². The fraction of sp³-hybridized carbons (Fsp3) is 0.529. The Balaban J connectivity index is 3.52. The van der Waals surface area contributed by atoms with Gasteiger partial charge in [-0.05, 0) is 5.56 Å². The predicted molar refractivity (Wildman–Crippen MR) is 88.6 cm³/mol. The molecule has 0 fully saturated rings. The molecule has 0 N–H and O–H groups in total. The van der Waals surface area contributed by atoms with Gasteiger partial charge in [-0.25, -0.2) is 4.39 Å². The number of rotatable bonds is 9. The SMILES string of the molecule is FC(F)(F)C(F)(F)C(F)(F)C(F)(F)C(F)(F)C(F)(F)C(F)(SCC=Cc1ccccc1)C(F)(F)F. The van der Waals surface area contributed by atoms with Crippen LogP contribution < -0.4 is 0 Å². The van der Waals surface area contributed by atoms with Gasteiger partial charge in [-0.3, -0.25) is 0 Å². The van der Waals surface area contributed by atoms with Crippen LogP contribution in [0.1, 0.15) is 5.56 Å². The van der Waals surface area contributed by atoms with E-state index in [1.807, 2.05) is 0 Å². The second-order valence-electron chi connectivity index (χ2n) is 6.59. The van der Waals surface area contributed by atoms with E-state index < -0.39 is 64.5 Å². The molecule has 0 spiro atoms.